The summed E-state index contributed by atoms with van der Waals surface area (Å²) in [7, 11) is 0. The van der Waals surface area contributed by atoms with Crippen LogP contribution in [0.1, 0.15) is 37.2 Å². The van der Waals surface area contributed by atoms with Gasteiger partial charge in [-0.05, 0) is 18.4 Å². The van der Waals surface area contributed by atoms with E-state index in [2.05, 4.69) is 0 Å². The normalized spacial score (nSPS) is 18.6. The molecule has 0 radical (unpaired) electrons. The van der Waals surface area contributed by atoms with Crippen LogP contribution < -0.4 is 5.73 Å². The van der Waals surface area contributed by atoms with Gasteiger partial charge in [0.05, 0.1) is 10.3 Å². The first-order valence-corrected chi connectivity index (χ1v) is 6.69. The first kappa shape index (κ1) is 14.5. The third-order valence-electron chi connectivity index (χ3n) is 4.33. The van der Waals surface area contributed by atoms with E-state index in [-0.39, 0.29) is 18.2 Å². The molecule has 0 heterocycles. The average molecular weight is 278 g/mol. The highest BCUT2D eigenvalue weighted by atomic mass is 16.6. The molecule has 1 aromatic rings. The molecule has 20 heavy (non-hydrogen) atoms. The van der Waals surface area contributed by atoms with E-state index in [0.717, 1.165) is 18.4 Å². The van der Waals surface area contributed by atoms with Crippen LogP contribution in [-0.2, 0) is 4.79 Å². The van der Waals surface area contributed by atoms with Gasteiger partial charge in [0.1, 0.15) is 0 Å². The van der Waals surface area contributed by atoms with Crippen molar-refractivity contribution in [1.29, 1.82) is 0 Å². The minimum Gasteiger partial charge on any atom is -0.481 e. The second kappa shape index (κ2) is 5.58. The van der Waals surface area contributed by atoms with Crippen LogP contribution in [0.2, 0.25) is 0 Å². The van der Waals surface area contributed by atoms with Gasteiger partial charge in [0.25, 0.3) is 5.69 Å². The van der Waals surface area contributed by atoms with Crippen molar-refractivity contribution in [3.8, 4) is 0 Å². The Morgan fingerprint density at radius 2 is 1.90 bits per heavy atom. The van der Waals surface area contributed by atoms with Gasteiger partial charge in [-0.25, -0.2) is 0 Å². The van der Waals surface area contributed by atoms with Crippen molar-refractivity contribution in [3.63, 3.8) is 0 Å². The van der Waals surface area contributed by atoms with Gasteiger partial charge in [-0.1, -0.05) is 25.0 Å². The number of hydrogen-bond donors (Lipinski definition) is 2. The van der Waals surface area contributed by atoms with Crippen molar-refractivity contribution in [3.05, 3.63) is 39.9 Å². The predicted octanol–water partition coefficient (Wildman–Crippen LogP) is 2.28. The van der Waals surface area contributed by atoms with Crippen LogP contribution >= 0.6 is 0 Å². The number of non-ortho nitro benzene ring substituents is 1. The fraction of sp³-hybridized carbons (Fsp3) is 0.500. The van der Waals surface area contributed by atoms with E-state index in [1.807, 2.05) is 0 Å². The fourth-order valence-electron chi connectivity index (χ4n) is 3.23. The number of nitrogens with zero attached hydrogens (tertiary/aromatic N) is 1. The number of nitrogens with two attached hydrogens (primary N) is 1. The molecule has 1 aromatic carbocycles. The van der Waals surface area contributed by atoms with Crippen LogP contribution in [0.3, 0.4) is 0 Å². The topological polar surface area (TPSA) is 106 Å². The number of benzene rings is 1. The first-order chi connectivity index (χ1) is 9.51. The largest absolute Gasteiger partial charge is 0.481 e. The van der Waals surface area contributed by atoms with Crippen LogP contribution in [0.15, 0.2) is 24.3 Å². The predicted molar refractivity (Wildman–Crippen MR) is 73.4 cm³/mol. The number of carboxylic acids is 1. The number of carboxylic acid groups (broad SMARTS) is 1. The number of nitro benzene ring substituents is 1. The Morgan fingerprint density at radius 3 is 2.30 bits per heavy atom. The monoisotopic (exact) mass is 278 g/mol. The molecule has 1 fully saturated rings. The number of nitro groups is 1. The number of aliphatic carboxylic acids is 1. The quantitative estimate of drug-likeness (QED) is 0.634. The lowest BCUT2D eigenvalue weighted by Crippen LogP contribution is -2.38. The van der Waals surface area contributed by atoms with E-state index in [1.54, 1.807) is 12.1 Å². The molecule has 108 valence electrons. The summed E-state index contributed by atoms with van der Waals surface area (Å²) in [5.74, 6) is -1.12. The van der Waals surface area contributed by atoms with Crippen LogP contribution in [0, 0.1) is 15.5 Å². The summed E-state index contributed by atoms with van der Waals surface area (Å²) in [6.07, 6.45) is 2.99. The molecule has 1 unspecified atom stereocenters. The first-order valence-electron chi connectivity index (χ1n) is 6.69. The van der Waals surface area contributed by atoms with E-state index >= 15 is 0 Å². The van der Waals surface area contributed by atoms with E-state index in [0.29, 0.717) is 12.8 Å². The zero-order chi connectivity index (χ0) is 14.8. The van der Waals surface area contributed by atoms with Gasteiger partial charge in [0, 0.05) is 24.6 Å². The van der Waals surface area contributed by atoms with Crippen molar-refractivity contribution in [2.75, 3.05) is 6.54 Å². The Hall–Kier alpha value is -1.95. The van der Waals surface area contributed by atoms with Crippen molar-refractivity contribution >= 4 is 11.7 Å². The van der Waals surface area contributed by atoms with Crippen molar-refractivity contribution in [2.24, 2.45) is 11.1 Å². The number of hydrogen-bond acceptors (Lipinski definition) is 4. The molecule has 2 rings (SSSR count). The van der Waals surface area contributed by atoms with Gasteiger partial charge < -0.3 is 10.8 Å². The molecule has 6 nitrogen and oxygen atoms in total. The van der Waals surface area contributed by atoms with Crippen molar-refractivity contribution < 1.29 is 14.8 Å². The third-order valence-corrected chi connectivity index (χ3v) is 4.33. The fourth-order valence-corrected chi connectivity index (χ4v) is 3.23. The average Bonchev–Trinajstić information content (AvgIpc) is 2.91. The van der Waals surface area contributed by atoms with E-state index in [4.69, 9.17) is 5.73 Å². The molecule has 0 aliphatic heterocycles. The van der Waals surface area contributed by atoms with Crippen LogP contribution in [0.5, 0.6) is 0 Å². The maximum Gasteiger partial charge on any atom is 0.310 e. The lowest BCUT2D eigenvalue weighted by atomic mass is 9.70. The highest BCUT2D eigenvalue weighted by molar-refractivity contribution is 5.76. The molecule has 0 aromatic heterocycles. The van der Waals surface area contributed by atoms with Crippen LogP contribution in [-0.4, -0.2) is 22.5 Å². The third kappa shape index (κ3) is 2.38. The van der Waals surface area contributed by atoms with Crippen LogP contribution in [0.25, 0.3) is 0 Å². The summed E-state index contributed by atoms with van der Waals surface area (Å²) in [6, 6.07) is 6.06. The van der Waals surface area contributed by atoms with Gasteiger partial charge in [-0.2, -0.15) is 0 Å². The minimum absolute atomic E-state index is 0.000295. The second-order valence-electron chi connectivity index (χ2n) is 5.31. The summed E-state index contributed by atoms with van der Waals surface area (Å²) >= 11 is 0. The zero-order valence-electron chi connectivity index (χ0n) is 11.1. The molecule has 0 bridgehead atoms. The Balaban J connectivity index is 2.36. The molecule has 0 saturated heterocycles. The summed E-state index contributed by atoms with van der Waals surface area (Å²) in [6.45, 7) is 0.226. The van der Waals surface area contributed by atoms with Crippen LogP contribution in [0.4, 0.5) is 5.69 Å². The van der Waals surface area contributed by atoms with Gasteiger partial charge in [0.15, 0.2) is 0 Å². The van der Waals surface area contributed by atoms with Crippen molar-refractivity contribution in [1.82, 2.24) is 0 Å². The highest BCUT2D eigenvalue weighted by Crippen LogP contribution is 2.48. The number of carbonyl (C=O) groups is 1. The lowest BCUT2D eigenvalue weighted by molar-refractivity contribution is -0.384. The molecule has 1 saturated carbocycles. The molecule has 0 amide bonds. The summed E-state index contributed by atoms with van der Waals surface area (Å²) in [5.41, 5.74) is 5.75. The zero-order valence-corrected chi connectivity index (χ0v) is 11.1. The summed E-state index contributed by atoms with van der Waals surface area (Å²) < 4.78 is 0. The number of rotatable bonds is 5. The maximum absolute atomic E-state index is 11.7. The maximum atomic E-state index is 11.7. The Bertz CT molecular complexity index is 506. The van der Waals surface area contributed by atoms with E-state index < -0.39 is 16.3 Å². The highest BCUT2D eigenvalue weighted by Gasteiger charge is 2.47. The molecule has 3 N–H and O–H groups in total. The van der Waals surface area contributed by atoms with E-state index in [1.165, 1.54) is 12.1 Å². The molecule has 1 aliphatic rings. The Labute approximate surface area is 116 Å². The minimum atomic E-state index is -0.828. The SMILES string of the molecule is NCC(c1ccc([N+](=O)[O-])cc1)C1(C(=O)O)CCCC1. The standard InChI is InChI=1S/C14H18N2O4/c15-9-12(14(13(17)18)7-1-2-8-14)10-3-5-11(6-4-10)16(19)20/h3-6,12H,1-2,7-9,15H2,(H,17,18). The molecule has 1 atom stereocenters. The smallest absolute Gasteiger partial charge is 0.310 e. The summed E-state index contributed by atoms with van der Waals surface area (Å²) in [5, 5.41) is 20.3. The Kier molecular flexibility index (Phi) is 4.04. The summed E-state index contributed by atoms with van der Waals surface area (Å²) in [4.78, 5) is 21.9. The molecule has 0 spiro atoms. The van der Waals surface area contributed by atoms with Gasteiger partial charge >= 0.3 is 5.97 Å². The molecule has 6 heteroatoms. The lowest BCUT2D eigenvalue weighted by Gasteiger charge is -2.33. The van der Waals surface area contributed by atoms with Gasteiger partial charge in [0.2, 0.25) is 0 Å². The molecular formula is C14H18N2O4. The van der Waals surface area contributed by atoms with Gasteiger partial charge in [-0.15, -0.1) is 0 Å². The second-order valence-corrected chi connectivity index (χ2v) is 5.31. The van der Waals surface area contributed by atoms with Gasteiger partial charge in [-0.3, -0.25) is 14.9 Å². The van der Waals surface area contributed by atoms with Crippen molar-refractivity contribution in [2.45, 2.75) is 31.6 Å². The van der Waals surface area contributed by atoms with E-state index in [9.17, 15) is 20.0 Å². The molecular weight excluding hydrogens is 260 g/mol. The Morgan fingerprint density at radius 1 is 1.35 bits per heavy atom. The molecule has 1 aliphatic carbocycles.